The van der Waals surface area contributed by atoms with Crippen molar-refractivity contribution >= 4 is 28.6 Å². The van der Waals surface area contributed by atoms with Gasteiger partial charge >= 0.3 is 5.97 Å². The molecule has 34 heavy (non-hydrogen) atoms. The third-order valence-electron chi connectivity index (χ3n) is 4.21. The zero-order chi connectivity index (χ0) is 25.0. The largest absolute Gasteiger partial charge is 0.460 e. The van der Waals surface area contributed by atoms with Crippen molar-refractivity contribution in [3.63, 3.8) is 0 Å². The van der Waals surface area contributed by atoms with Crippen LogP contribution in [0.3, 0.4) is 0 Å². The van der Waals surface area contributed by atoms with Crippen LogP contribution in [0.5, 0.6) is 0 Å². The van der Waals surface area contributed by atoms with E-state index in [1.165, 1.54) is 23.7 Å². The number of hydrogen-bond donors (Lipinski definition) is 0. The zero-order valence-corrected chi connectivity index (χ0v) is 23.1. The highest BCUT2D eigenvalue weighted by Gasteiger charge is 2.01. The smallest absolute Gasteiger partial charge is 0.333 e. The molecule has 202 valence electrons. The van der Waals surface area contributed by atoms with Crippen LogP contribution in [-0.4, -0.2) is 110 Å². The molecule has 0 bridgehead atoms. The number of hydrogen-bond acceptors (Lipinski definition) is 9. The van der Waals surface area contributed by atoms with Gasteiger partial charge in [-0.2, -0.15) is 0 Å². The Labute approximate surface area is 219 Å². The number of esters is 1. The van der Waals surface area contributed by atoms with E-state index in [9.17, 15) is 4.79 Å². The van der Waals surface area contributed by atoms with Crippen LogP contribution in [0.4, 0.5) is 0 Å². The topological polar surface area (TPSA) is 90.9 Å². The second-order valence-corrected chi connectivity index (χ2v) is 8.38. The van der Waals surface area contributed by atoms with Gasteiger partial charge in [0.1, 0.15) is 6.61 Å². The molecular formula is C24H45IO9. The van der Waals surface area contributed by atoms with Gasteiger partial charge in [-0.3, -0.25) is 0 Å². The quantitative estimate of drug-likeness (QED) is 0.0439. The molecule has 0 heterocycles. The van der Waals surface area contributed by atoms with Crippen molar-refractivity contribution in [3.05, 3.63) is 12.2 Å². The van der Waals surface area contributed by atoms with Crippen LogP contribution in [0.15, 0.2) is 12.2 Å². The number of rotatable bonds is 28. The van der Waals surface area contributed by atoms with Crippen molar-refractivity contribution in [1.82, 2.24) is 0 Å². The van der Waals surface area contributed by atoms with Crippen molar-refractivity contribution < 1.29 is 42.7 Å². The molecule has 0 saturated carbocycles. The van der Waals surface area contributed by atoms with Crippen molar-refractivity contribution in [2.24, 2.45) is 0 Å². The van der Waals surface area contributed by atoms with E-state index in [0.717, 1.165) is 13.0 Å². The van der Waals surface area contributed by atoms with Gasteiger partial charge in [-0.1, -0.05) is 42.0 Å². The molecule has 10 heteroatoms. The first-order valence-electron chi connectivity index (χ1n) is 12.1. The number of unbranched alkanes of at least 4 members (excludes halogenated alkanes) is 3. The van der Waals surface area contributed by atoms with Crippen LogP contribution in [0, 0.1) is 0 Å². The lowest BCUT2D eigenvalue weighted by Gasteiger charge is -2.08. The Morgan fingerprint density at radius 2 is 0.853 bits per heavy atom. The predicted octanol–water partition coefficient (Wildman–Crippen LogP) is 3.22. The average molecular weight is 605 g/mol. The van der Waals surface area contributed by atoms with Gasteiger partial charge in [-0.05, 0) is 24.2 Å². The van der Waals surface area contributed by atoms with Crippen molar-refractivity contribution in [1.29, 1.82) is 0 Å². The summed E-state index contributed by atoms with van der Waals surface area (Å²) in [6.07, 6.45) is 4.98. The van der Waals surface area contributed by atoms with E-state index < -0.39 is 5.97 Å². The van der Waals surface area contributed by atoms with Crippen LogP contribution in [-0.2, 0) is 42.7 Å². The molecular weight excluding hydrogens is 559 g/mol. The fraction of sp³-hybridized carbons (Fsp3) is 0.875. The van der Waals surface area contributed by atoms with Crippen LogP contribution >= 0.6 is 22.6 Å². The summed E-state index contributed by atoms with van der Waals surface area (Å²) in [6, 6.07) is 0. The normalized spacial score (nSPS) is 11.1. The molecule has 0 atom stereocenters. The second kappa shape index (κ2) is 28.9. The maximum atomic E-state index is 11.1. The minimum Gasteiger partial charge on any atom is -0.460 e. The first kappa shape index (κ1) is 33.7. The number of carbonyl (C=O) groups excluding carboxylic acids is 1. The Kier molecular flexibility index (Phi) is 28.6. The summed E-state index contributed by atoms with van der Waals surface area (Å²) < 4.78 is 44.1. The van der Waals surface area contributed by atoms with Gasteiger partial charge in [0.2, 0.25) is 0 Å². The summed E-state index contributed by atoms with van der Waals surface area (Å²) in [5, 5.41) is 0. The molecule has 0 rings (SSSR count). The highest BCUT2D eigenvalue weighted by molar-refractivity contribution is 14.1. The minimum atomic E-state index is -0.404. The van der Waals surface area contributed by atoms with Gasteiger partial charge in [0.25, 0.3) is 0 Å². The molecule has 0 aliphatic rings. The third-order valence-corrected chi connectivity index (χ3v) is 4.98. The summed E-state index contributed by atoms with van der Waals surface area (Å²) >= 11 is 2.41. The Morgan fingerprint density at radius 3 is 1.21 bits per heavy atom. The van der Waals surface area contributed by atoms with E-state index >= 15 is 0 Å². The molecule has 0 aliphatic carbocycles. The van der Waals surface area contributed by atoms with Gasteiger partial charge in [0.15, 0.2) is 0 Å². The Balaban J connectivity index is 3.05. The summed E-state index contributed by atoms with van der Waals surface area (Å²) in [7, 11) is 0. The molecule has 0 aromatic rings. The van der Waals surface area contributed by atoms with Gasteiger partial charge in [0.05, 0.1) is 85.9 Å². The van der Waals surface area contributed by atoms with Crippen molar-refractivity contribution in [3.8, 4) is 0 Å². The maximum Gasteiger partial charge on any atom is 0.333 e. The second-order valence-electron chi connectivity index (χ2n) is 7.31. The molecule has 0 aromatic carbocycles. The Morgan fingerprint density at radius 1 is 0.529 bits per heavy atom. The van der Waals surface area contributed by atoms with E-state index in [4.69, 9.17) is 37.9 Å². The lowest BCUT2D eigenvalue weighted by Crippen LogP contribution is -2.15. The summed E-state index contributed by atoms with van der Waals surface area (Å²) in [6.45, 7) is 12.8. The van der Waals surface area contributed by atoms with Crippen LogP contribution in [0.1, 0.15) is 32.6 Å². The lowest BCUT2D eigenvalue weighted by atomic mass is 10.2. The zero-order valence-electron chi connectivity index (χ0n) is 20.9. The van der Waals surface area contributed by atoms with Crippen LogP contribution in [0.25, 0.3) is 0 Å². The fourth-order valence-electron chi connectivity index (χ4n) is 2.39. The van der Waals surface area contributed by atoms with E-state index in [0.29, 0.717) is 91.5 Å². The number of ether oxygens (including phenoxy) is 8. The standard InChI is InChI=1S/C24H45IO9/c1-23(2)24(26)34-22-21-33-20-19-32-18-17-31-16-15-30-14-13-29-12-11-28-10-9-27-8-6-4-3-5-7-25/h1,3-22H2,2H3. The van der Waals surface area contributed by atoms with Gasteiger partial charge in [-0.25, -0.2) is 4.79 Å². The number of alkyl halides is 1. The SMILES string of the molecule is C=C(C)C(=O)OCCOCCOCCOCCOCCOCCOCCOCCCCCCI. The molecule has 0 aromatic heterocycles. The Bertz CT molecular complexity index is 452. The number of carbonyl (C=O) groups is 1. The molecule has 0 aliphatic heterocycles. The van der Waals surface area contributed by atoms with E-state index in [2.05, 4.69) is 29.2 Å². The van der Waals surface area contributed by atoms with E-state index in [1.807, 2.05) is 0 Å². The van der Waals surface area contributed by atoms with Gasteiger partial charge in [-0.15, -0.1) is 0 Å². The lowest BCUT2D eigenvalue weighted by molar-refractivity contribution is -0.140. The van der Waals surface area contributed by atoms with Crippen LogP contribution < -0.4 is 0 Å². The maximum absolute atomic E-state index is 11.1. The highest BCUT2D eigenvalue weighted by Crippen LogP contribution is 2.02. The van der Waals surface area contributed by atoms with Crippen LogP contribution in [0.2, 0.25) is 0 Å². The average Bonchev–Trinajstić information content (AvgIpc) is 2.83. The van der Waals surface area contributed by atoms with E-state index in [-0.39, 0.29) is 6.61 Å². The van der Waals surface area contributed by atoms with Gasteiger partial charge < -0.3 is 37.9 Å². The summed E-state index contributed by atoms with van der Waals surface area (Å²) in [5.41, 5.74) is 0.378. The third kappa shape index (κ3) is 27.9. The number of halogens is 1. The molecule has 0 radical (unpaired) electrons. The first-order chi connectivity index (χ1) is 16.7. The molecule has 0 amide bonds. The summed E-state index contributed by atoms with van der Waals surface area (Å²) in [5.74, 6) is -0.404. The van der Waals surface area contributed by atoms with Crippen molar-refractivity contribution in [2.75, 3.05) is 104 Å². The monoisotopic (exact) mass is 604 g/mol. The molecule has 0 unspecified atom stereocenters. The summed E-state index contributed by atoms with van der Waals surface area (Å²) in [4.78, 5) is 11.1. The van der Waals surface area contributed by atoms with E-state index in [1.54, 1.807) is 6.92 Å². The highest BCUT2D eigenvalue weighted by atomic mass is 127. The molecule has 0 saturated heterocycles. The molecule has 9 nitrogen and oxygen atoms in total. The first-order valence-corrected chi connectivity index (χ1v) is 13.6. The van der Waals surface area contributed by atoms with Gasteiger partial charge in [0, 0.05) is 12.2 Å². The molecule has 0 fully saturated rings. The molecule has 0 spiro atoms. The predicted molar refractivity (Wildman–Crippen MR) is 139 cm³/mol. The van der Waals surface area contributed by atoms with Crippen molar-refractivity contribution in [2.45, 2.75) is 32.6 Å². The fourth-order valence-corrected chi connectivity index (χ4v) is 2.93. The minimum absolute atomic E-state index is 0.211. The Hall–Kier alpha value is -0.340. The molecule has 0 N–H and O–H groups in total.